The van der Waals surface area contributed by atoms with Crippen molar-refractivity contribution >= 4 is 0 Å². The first-order valence-electron chi connectivity index (χ1n) is 6.02. The van der Waals surface area contributed by atoms with Crippen LogP contribution in [0.5, 0.6) is 0 Å². The van der Waals surface area contributed by atoms with Crippen LogP contribution in [0, 0.1) is 5.82 Å². The topological polar surface area (TPSA) is 50.9 Å². The van der Waals surface area contributed by atoms with Gasteiger partial charge < -0.3 is 5.11 Å². The van der Waals surface area contributed by atoms with Crippen molar-refractivity contribution in [3.05, 3.63) is 47.5 Å². The van der Waals surface area contributed by atoms with E-state index < -0.39 is 6.10 Å². The lowest BCUT2D eigenvalue weighted by atomic mass is 10.1. The fraction of sp³-hybridized carbons (Fsp3) is 0.385. The van der Waals surface area contributed by atoms with Gasteiger partial charge in [0.15, 0.2) is 0 Å². The maximum atomic E-state index is 13.5. The minimum atomic E-state index is -0.788. The Morgan fingerprint density at radius 2 is 2.17 bits per heavy atom. The Bertz CT molecular complexity index is 512. The molecule has 4 nitrogen and oxygen atoms in total. The lowest BCUT2D eigenvalue weighted by Gasteiger charge is -2.12. The number of aryl methyl sites for hydroxylation is 1. The zero-order chi connectivity index (χ0) is 13.0. The van der Waals surface area contributed by atoms with Gasteiger partial charge in [-0.3, -0.25) is 0 Å². The summed E-state index contributed by atoms with van der Waals surface area (Å²) < 4.78 is 15.1. The summed E-state index contributed by atoms with van der Waals surface area (Å²) in [7, 11) is 0. The van der Waals surface area contributed by atoms with Crippen LogP contribution < -0.4 is 0 Å². The van der Waals surface area contributed by atoms with E-state index in [-0.39, 0.29) is 12.2 Å². The van der Waals surface area contributed by atoms with Crippen molar-refractivity contribution in [3.8, 4) is 0 Å². The quantitative estimate of drug-likeness (QED) is 0.882. The molecule has 0 bridgehead atoms. The molecule has 0 fully saturated rings. The highest BCUT2D eigenvalue weighted by molar-refractivity contribution is 5.19. The zero-order valence-electron chi connectivity index (χ0n) is 10.3. The Morgan fingerprint density at radius 1 is 1.39 bits per heavy atom. The normalized spacial score (nSPS) is 12.6. The molecule has 0 spiro atoms. The fourth-order valence-corrected chi connectivity index (χ4v) is 1.89. The monoisotopic (exact) mass is 249 g/mol. The molecule has 1 aromatic heterocycles. The van der Waals surface area contributed by atoms with Gasteiger partial charge in [-0.1, -0.05) is 30.3 Å². The van der Waals surface area contributed by atoms with Crippen LogP contribution in [0.4, 0.5) is 4.39 Å². The molecular weight excluding hydrogens is 233 g/mol. The first-order chi connectivity index (χ1) is 8.72. The molecule has 96 valence electrons. The first kappa shape index (κ1) is 12.7. The largest absolute Gasteiger partial charge is 0.386 e. The van der Waals surface area contributed by atoms with Crippen molar-refractivity contribution in [3.63, 3.8) is 0 Å². The summed E-state index contributed by atoms with van der Waals surface area (Å²) in [5.41, 5.74) is 1.12. The minimum absolute atomic E-state index is 0.226. The number of rotatable bonds is 5. The third-order valence-electron chi connectivity index (χ3n) is 2.80. The molecular formula is C13H16FN3O. The molecule has 0 aliphatic rings. The van der Waals surface area contributed by atoms with E-state index in [9.17, 15) is 9.50 Å². The van der Waals surface area contributed by atoms with Crippen molar-refractivity contribution < 1.29 is 9.50 Å². The summed E-state index contributed by atoms with van der Waals surface area (Å²) in [6, 6.07) is 6.46. The van der Waals surface area contributed by atoms with Gasteiger partial charge in [-0.25, -0.2) is 9.07 Å². The Hall–Kier alpha value is -1.75. The van der Waals surface area contributed by atoms with E-state index in [1.807, 2.05) is 6.92 Å². The average molecular weight is 249 g/mol. The molecule has 0 aliphatic heterocycles. The van der Waals surface area contributed by atoms with Gasteiger partial charge in [0.1, 0.15) is 11.9 Å². The molecule has 5 heteroatoms. The zero-order valence-corrected chi connectivity index (χ0v) is 10.3. The van der Waals surface area contributed by atoms with E-state index in [0.29, 0.717) is 17.8 Å². The van der Waals surface area contributed by atoms with Crippen LogP contribution in [-0.2, 0) is 13.0 Å². The van der Waals surface area contributed by atoms with Gasteiger partial charge in [-0.15, -0.1) is 5.10 Å². The Labute approximate surface area is 105 Å². The minimum Gasteiger partial charge on any atom is -0.386 e. The smallest absolute Gasteiger partial charge is 0.126 e. The van der Waals surface area contributed by atoms with E-state index in [1.165, 1.54) is 12.3 Å². The van der Waals surface area contributed by atoms with E-state index in [4.69, 9.17) is 0 Å². The summed E-state index contributed by atoms with van der Waals surface area (Å²) in [5.74, 6) is -0.300. The molecule has 2 rings (SSSR count). The third kappa shape index (κ3) is 2.73. The molecule has 1 heterocycles. The van der Waals surface area contributed by atoms with E-state index in [1.54, 1.807) is 22.9 Å². The number of aliphatic hydroxyl groups excluding tert-OH is 1. The van der Waals surface area contributed by atoms with Crippen molar-refractivity contribution in [1.29, 1.82) is 0 Å². The van der Waals surface area contributed by atoms with Gasteiger partial charge in [-0.05, 0) is 18.1 Å². The number of hydrogen-bond donors (Lipinski definition) is 1. The number of aromatic nitrogens is 3. The molecule has 0 aliphatic carbocycles. The van der Waals surface area contributed by atoms with Gasteiger partial charge >= 0.3 is 0 Å². The number of halogens is 1. The number of nitrogens with zero attached hydrogens (tertiary/aromatic N) is 3. The number of aliphatic hydroxyl groups is 1. The average Bonchev–Trinajstić information content (AvgIpc) is 2.81. The fourth-order valence-electron chi connectivity index (χ4n) is 1.89. The van der Waals surface area contributed by atoms with Gasteiger partial charge in [0, 0.05) is 13.0 Å². The summed E-state index contributed by atoms with van der Waals surface area (Å²) in [6.45, 7) is 2.72. The van der Waals surface area contributed by atoms with Crippen LogP contribution in [0.2, 0.25) is 0 Å². The number of hydrogen-bond acceptors (Lipinski definition) is 3. The van der Waals surface area contributed by atoms with E-state index in [2.05, 4.69) is 10.3 Å². The van der Waals surface area contributed by atoms with Crippen molar-refractivity contribution in [2.75, 3.05) is 0 Å². The van der Waals surface area contributed by atoms with Crippen LogP contribution in [0.25, 0.3) is 0 Å². The lowest BCUT2D eigenvalue weighted by molar-refractivity contribution is 0.165. The molecule has 18 heavy (non-hydrogen) atoms. The first-order valence-corrected chi connectivity index (χ1v) is 6.02. The van der Waals surface area contributed by atoms with Crippen LogP contribution in [0.3, 0.4) is 0 Å². The maximum Gasteiger partial charge on any atom is 0.126 e. The summed E-state index contributed by atoms with van der Waals surface area (Å²) in [5, 5.41) is 17.8. The molecule has 1 atom stereocenters. The molecule has 2 aromatic rings. The second-order valence-corrected chi connectivity index (χ2v) is 4.19. The predicted octanol–water partition coefficient (Wildman–Crippen LogP) is 2.10. The van der Waals surface area contributed by atoms with Gasteiger partial charge in [0.2, 0.25) is 0 Å². The van der Waals surface area contributed by atoms with Gasteiger partial charge in [-0.2, -0.15) is 0 Å². The van der Waals surface area contributed by atoms with Crippen LogP contribution in [-0.4, -0.2) is 20.1 Å². The highest BCUT2D eigenvalue weighted by Gasteiger charge is 2.16. The van der Waals surface area contributed by atoms with Crippen LogP contribution in [0.1, 0.15) is 30.7 Å². The molecule has 0 saturated carbocycles. The van der Waals surface area contributed by atoms with Crippen LogP contribution >= 0.6 is 0 Å². The summed E-state index contributed by atoms with van der Waals surface area (Å²) in [4.78, 5) is 0. The highest BCUT2D eigenvalue weighted by atomic mass is 19.1. The standard InChI is InChI=1S/C13H16FN3O/c1-2-7-17-12(9-15-16-17)13(18)8-10-5-3-4-6-11(10)14/h3-6,9,13,18H,2,7-8H2,1H3. The van der Waals surface area contributed by atoms with E-state index in [0.717, 1.165) is 6.42 Å². The second-order valence-electron chi connectivity index (χ2n) is 4.19. The maximum absolute atomic E-state index is 13.5. The SMILES string of the molecule is CCCn1nncc1C(O)Cc1ccccc1F. The van der Waals surface area contributed by atoms with Gasteiger partial charge in [0.05, 0.1) is 11.9 Å². The third-order valence-corrected chi connectivity index (χ3v) is 2.80. The Kier molecular flexibility index (Phi) is 4.04. The Morgan fingerprint density at radius 3 is 2.89 bits per heavy atom. The van der Waals surface area contributed by atoms with Crippen molar-refractivity contribution in [1.82, 2.24) is 15.0 Å². The Balaban J connectivity index is 2.14. The molecule has 0 radical (unpaired) electrons. The molecule has 1 N–H and O–H groups in total. The lowest BCUT2D eigenvalue weighted by Crippen LogP contribution is -2.11. The molecule has 0 amide bonds. The van der Waals surface area contributed by atoms with Crippen molar-refractivity contribution in [2.45, 2.75) is 32.4 Å². The molecule has 1 unspecified atom stereocenters. The van der Waals surface area contributed by atoms with E-state index >= 15 is 0 Å². The highest BCUT2D eigenvalue weighted by Crippen LogP contribution is 2.19. The second kappa shape index (κ2) is 5.73. The molecule has 0 saturated heterocycles. The van der Waals surface area contributed by atoms with Gasteiger partial charge in [0.25, 0.3) is 0 Å². The number of benzene rings is 1. The predicted molar refractivity (Wildman–Crippen MR) is 65.4 cm³/mol. The summed E-state index contributed by atoms with van der Waals surface area (Å²) in [6.07, 6.45) is 1.87. The molecule has 1 aromatic carbocycles. The van der Waals surface area contributed by atoms with Crippen molar-refractivity contribution in [2.24, 2.45) is 0 Å². The summed E-state index contributed by atoms with van der Waals surface area (Å²) >= 11 is 0. The van der Waals surface area contributed by atoms with Crippen LogP contribution in [0.15, 0.2) is 30.5 Å².